The number of rotatable bonds is 7. The van der Waals surface area contributed by atoms with Crippen LogP contribution in [0.4, 0.5) is 0 Å². The third kappa shape index (κ3) is 5.34. The number of likely N-dealkylation sites (tertiary alicyclic amines) is 1. The van der Waals surface area contributed by atoms with E-state index in [1.807, 2.05) is 28.5 Å². The van der Waals surface area contributed by atoms with Crippen molar-refractivity contribution in [3.8, 4) is 0 Å². The molecule has 1 atom stereocenters. The third-order valence-electron chi connectivity index (χ3n) is 5.74. The standard InChI is InChI=1S/C22H27N3O2S2/c26-20(9-8-19-7-3-13-28-19)25-12-2-6-17(14-25)22-24-18(15-29-22)10-11-23-21(27)16-4-1-5-16/h3,7-9,13,15-17H,1-2,4-6,10-12,14H2,(H,23,27)/b9-8+/t17-/m0/s1. The molecule has 0 unspecified atom stereocenters. The molecular formula is C22H27N3O2S2. The van der Waals surface area contributed by atoms with Crippen molar-refractivity contribution in [3.05, 3.63) is 44.5 Å². The molecule has 1 saturated heterocycles. The van der Waals surface area contributed by atoms with Crippen LogP contribution in [0.2, 0.25) is 0 Å². The Morgan fingerprint density at radius 3 is 2.90 bits per heavy atom. The van der Waals surface area contributed by atoms with Crippen LogP contribution < -0.4 is 5.32 Å². The topological polar surface area (TPSA) is 62.3 Å². The molecule has 4 rings (SSSR count). The molecule has 0 bridgehead atoms. The maximum atomic E-state index is 12.6. The highest BCUT2D eigenvalue weighted by molar-refractivity contribution is 7.10. The molecule has 1 saturated carbocycles. The van der Waals surface area contributed by atoms with E-state index in [4.69, 9.17) is 4.98 Å². The first-order valence-electron chi connectivity index (χ1n) is 10.4. The van der Waals surface area contributed by atoms with E-state index in [2.05, 4.69) is 10.7 Å². The molecule has 2 fully saturated rings. The smallest absolute Gasteiger partial charge is 0.246 e. The summed E-state index contributed by atoms with van der Waals surface area (Å²) in [6, 6.07) is 4.00. The highest BCUT2D eigenvalue weighted by Gasteiger charge is 2.26. The van der Waals surface area contributed by atoms with E-state index in [0.717, 1.165) is 60.8 Å². The van der Waals surface area contributed by atoms with Crippen LogP contribution in [-0.4, -0.2) is 41.3 Å². The van der Waals surface area contributed by atoms with Crippen LogP contribution in [0.15, 0.2) is 29.0 Å². The monoisotopic (exact) mass is 429 g/mol. The Morgan fingerprint density at radius 1 is 1.24 bits per heavy atom. The van der Waals surface area contributed by atoms with Gasteiger partial charge in [0.2, 0.25) is 11.8 Å². The molecular weight excluding hydrogens is 402 g/mol. The number of piperidine rings is 1. The predicted octanol–water partition coefficient (Wildman–Crippen LogP) is 4.08. The summed E-state index contributed by atoms with van der Waals surface area (Å²) in [5.41, 5.74) is 1.04. The van der Waals surface area contributed by atoms with Gasteiger partial charge in [0.1, 0.15) is 0 Å². The van der Waals surface area contributed by atoms with E-state index in [0.29, 0.717) is 12.5 Å². The fourth-order valence-corrected chi connectivity index (χ4v) is 5.38. The molecule has 2 aromatic heterocycles. The molecule has 2 aliphatic rings. The van der Waals surface area contributed by atoms with Crippen molar-refractivity contribution in [2.45, 2.75) is 44.4 Å². The van der Waals surface area contributed by atoms with Crippen LogP contribution in [0.1, 0.15) is 53.6 Å². The van der Waals surface area contributed by atoms with Gasteiger partial charge in [-0.1, -0.05) is 12.5 Å². The maximum Gasteiger partial charge on any atom is 0.246 e. The summed E-state index contributed by atoms with van der Waals surface area (Å²) in [6.45, 7) is 2.20. The van der Waals surface area contributed by atoms with Crippen LogP contribution in [0.5, 0.6) is 0 Å². The molecule has 29 heavy (non-hydrogen) atoms. The highest BCUT2D eigenvalue weighted by Crippen LogP contribution is 2.30. The van der Waals surface area contributed by atoms with Gasteiger partial charge < -0.3 is 10.2 Å². The van der Waals surface area contributed by atoms with Crippen molar-refractivity contribution in [2.75, 3.05) is 19.6 Å². The molecule has 1 aliphatic heterocycles. The van der Waals surface area contributed by atoms with E-state index >= 15 is 0 Å². The lowest BCUT2D eigenvalue weighted by molar-refractivity contribution is -0.128. The van der Waals surface area contributed by atoms with Crippen LogP contribution in [0, 0.1) is 5.92 Å². The number of aromatic nitrogens is 1. The Balaban J connectivity index is 1.27. The second-order valence-electron chi connectivity index (χ2n) is 7.82. The summed E-state index contributed by atoms with van der Waals surface area (Å²) >= 11 is 3.32. The zero-order chi connectivity index (χ0) is 20.1. The van der Waals surface area contributed by atoms with Crippen LogP contribution >= 0.6 is 22.7 Å². The molecule has 1 aliphatic carbocycles. The minimum atomic E-state index is 0.0820. The van der Waals surface area contributed by atoms with Gasteiger partial charge in [-0.25, -0.2) is 4.98 Å². The molecule has 2 amide bonds. The summed E-state index contributed by atoms with van der Waals surface area (Å²) in [6.07, 6.45) is 9.69. The zero-order valence-electron chi connectivity index (χ0n) is 16.5. The molecule has 154 valence electrons. The van der Waals surface area contributed by atoms with E-state index in [1.165, 1.54) is 6.42 Å². The summed E-state index contributed by atoms with van der Waals surface area (Å²) in [4.78, 5) is 32.3. The Kier molecular flexibility index (Phi) is 6.77. The van der Waals surface area contributed by atoms with Crippen molar-refractivity contribution in [1.29, 1.82) is 0 Å². The van der Waals surface area contributed by atoms with Crippen LogP contribution in [0.3, 0.4) is 0 Å². The van der Waals surface area contributed by atoms with Gasteiger partial charge in [-0.3, -0.25) is 9.59 Å². The van der Waals surface area contributed by atoms with Gasteiger partial charge in [0.05, 0.1) is 10.7 Å². The van der Waals surface area contributed by atoms with Gasteiger partial charge in [-0.2, -0.15) is 0 Å². The lowest BCUT2D eigenvalue weighted by Gasteiger charge is -2.31. The van der Waals surface area contributed by atoms with Crippen LogP contribution in [-0.2, 0) is 16.0 Å². The van der Waals surface area contributed by atoms with E-state index < -0.39 is 0 Å². The number of hydrogen-bond donors (Lipinski definition) is 1. The summed E-state index contributed by atoms with van der Waals surface area (Å²) in [7, 11) is 0. The van der Waals surface area contributed by atoms with Gasteiger partial charge >= 0.3 is 0 Å². The normalized spacial score (nSPS) is 20.0. The molecule has 0 aromatic carbocycles. The number of thiazole rings is 1. The highest BCUT2D eigenvalue weighted by atomic mass is 32.1. The molecule has 1 N–H and O–H groups in total. The zero-order valence-corrected chi connectivity index (χ0v) is 18.1. The summed E-state index contributed by atoms with van der Waals surface area (Å²) in [5, 5.41) is 8.26. The maximum absolute atomic E-state index is 12.6. The predicted molar refractivity (Wildman–Crippen MR) is 118 cm³/mol. The van der Waals surface area contributed by atoms with Crippen molar-refractivity contribution >= 4 is 40.6 Å². The first-order valence-corrected chi connectivity index (χ1v) is 12.2. The second-order valence-corrected chi connectivity index (χ2v) is 9.69. The molecule has 0 radical (unpaired) electrons. The minimum absolute atomic E-state index is 0.0820. The number of hydrogen-bond acceptors (Lipinski definition) is 5. The van der Waals surface area contributed by atoms with Crippen LogP contribution in [0.25, 0.3) is 6.08 Å². The first-order chi connectivity index (χ1) is 14.2. The minimum Gasteiger partial charge on any atom is -0.355 e. The number of amides is 2. The van der Waals surface area contributed by atoms with Gasteiger partial charge in [0, 0.05) is 54.2 Å². The fourth-order valence-electron chi connectivity index (χ4n) is 3.78. The molecule has 2 aromatic rings. The van der Waals surface area contributed by atoms with Crippen molar-refractivity contribution < 1.29 is 9.59 Å². The average Bonchev–Trinajstić information content (AvgIpc) is 3.37. The summed E-state index contributed by atoms with van der Waals surface area (Å²) in [5.74, 6) is 0.828. The Morgan fingerprint density at radius 2 is 2.14 bits per heavy atom. The van der Waals surface area contributed by atoms with E-state index in [9.17, 15) is 9.59 Å². The van der Waals surface area contributed by atoms with Crippen molar-refractivity contribution in [2.24, 2.45) is 5.92 Å². The SMILES string of the molecule is O=C(NCCc1csc([C@H]2CCCN(C(=O)/C=C/c3cccs3)C2)n1)C1CCC1. The number of carbonyl (C=O) groups is 2. The largest absolute Gasteiger partial charge is 0.355 e. The number of nitrogens with one attached hydrogen (secondary N) is 1. The molecule has 0 spiro atoms. The fraction of sp³-hybridized carbons (Fsp3) is 0.500. The molecule has 7 heteroatoms. The number of nitrogens with zero attached hydrogens (tertiary/aromatic N) is 2. The number of carbonyl (C=O) groups excluding carboxylic acids is 2. The molecule has 3 heterocycles. The van der Waals surface area contributed by atoms with Gasteiger partial charge in [0.25, 0.3) is 0 Å². The number of thiophene rings is 1. The summed E-state index contributed by atoms with van der Waals surface area (Å²) < 4.78 is 0. The van der Waals surface area contributed by atoms with Crippen molar-refractivity contribution in [3.63, 3.8) is 0 Å². The average molecular weight is 430 g/mol. The van der Waals surface area contributed by atoms with E-state index in [-0.39, 0.29) is 17.7 Å². The van der Waals surface area contributed by atoms with Gasteiger partial charge in [0.15, 0.2) is 0 Å². The van der Waals surface area contributed by atoms with Gasteiger partial charge in [-0.15, -0.1) is 22.7 Å². The Labute approximate surface area is 179 Å². The first kappa shape index (κ1) is 20.3. The third-order valence-corrected chi connectivity index (χ3v) is 7.64. The Hall–Kier alpha value is -1.99. The Bertz CT molecular complexity index is 855. The van der Waals surface area contributed by atoms with Gasteiger partial charge in [-0.05, 0) is 43.2 Å². The quantitative estimate of drug-likeness (QED) is 0.675. The van der Waals surface area contributed by atoms with Crippen molar-refractivity contribution in [1.82, 2.24) is 15.2 Å². The van der Waals surface area contributed by atoms with E-state index in [1.54, 1.807) is 28.7 Å². The lowest BCUT2D eigenvalue weighted by Crippen LogP contribution is -2.38. The molecule has 5 nitrogen and oxygen atoms in total. The second kappa shape index (κ2) is 9.67. The lowest BCUT2D eigenvalue weighted by atomic mass is 9.85.